The Morgan fingerprint density at radius 2 is 1.95 bits per heavy atom. The second kappa shape index (κ2) is 9.72. The molecule has 1 amide bonds. The highest BCUT2D eigenvalue weighted by Gasteiger charge is 2.30. The molecule has 1 saturated heterocycles. The summed E-state index contributed by atoms with van der Waals surface area (Å²) >= 11 is 0. The van der Waals surface area contributed by atoms with Gasteiger partial charge in [0.25, 0.3) is 6.43 Å². The number of halogens is 2. The molecule has 2 aliphatic rings. The van der Waals surface area contributed by atoms with E-state index in [1.807, 2.05) is 29.3 Å². The molecule has 1 aliphatic carbocycles. The van der Waals surface area contributed by atoms with Gasteiger partial charge in [-0.15, -0.1) is 0 Å². The van der Waals surface area contributed by atoms with Crippen LogP contribution < -0.4 is 5.32 Å². The number of alkyl halides is 2. The molecular weight excluding hydrogens is 476 g/mol. The van der Waals surface area contributed by atoms with E-state index in [-0.39, 0.29) is 18.5 Å². The average molecular weight is 508 g/mol. The van der Waals surface area contributed by atoms with E-state index in [0.29, 0.717) is 34.4 Å². The van der Waals surface area contributed by atoms with E-state index in [4.69, 9.17) is 0 Å². The van der Waals surface area contributed by atoms with Crippen LogP contribution in [0, 0.1) is 12.8 Å². The van der Waals surface area contributed by atoms with Crippen molar-refractivity contribution in [2.24, 2.45) is 5.92 Å². The number of amides is 1. The van der Waals surface area contributed by atoms with E-state index in [1.165, 1.54) is 0 Å². The summed E-state index contributed by atoms with van der Waals surface area (Å²) in [5.41, 5.74) is 3.89. The number of aromatic nitrogens is 5. The highest BCUT2D eigenvalue weighted by Crippen LogP contribution is 2.32. The summed E-state index contributed by atoms with van der Waals surface area (Å²) in [6.07, 6.45) is 7.11. The first-order valence-electron chi connectivity index (χ1n) is 13.1. The molecule has 4 heterocycles. The third-order valence-electron chi connectivity index (χ3n) is 7.83. The fraction of sp³-hybridized carbons (Fsp3) is 0.481. The standard InChI is InChI=1S/C27H31F2N7O/c1-16-32-22-9-6-18(12-23(22)36(16)15-24(28)29)20-13-30-25-21(20)14-31-27(34-25)33-19-7-4-17(5-8-19)26(37)35-10-2-3-11-35/h6,9,12-14,17,19,24H,2-5,7-8,10-11,15H2,1H3,(H2,30,31,33,34)/t17-,19+. The third-order valence-corrected chi connectivity index (χ3v) is 7.83. The zero-order valence-electron chi connectivity index (χ0n) is 20.9. The maximum absolute atomic E-state index is 13.1. The van der Waals surface area contributed by atoms with Crippen LogP contribution in [0.25, 0.3) is 33.2 Å². The minimum atomic E-state index is -2.45. The van der Waals surface area contributed by atoms with Gasteiger partial charge in [-0.1, -0.05) is 6.07 Å². The molecule has 2 N–H and O–H groups in total. The smallest absolute Gasteiger partial charge is 0.256 e. The minimum absolute atomic E-state index is 0.142. The van der Waals surface area contributed by atoms with E-state index >= 15 is 0 Å². The molecule has 0 spiro atoms. The van der Waals surface area contributed by atoms with E-state index in [2.05, 4.69) is 25.3 Å². The normalized spacial score (nSPS) is 20.4. The fourth-order valence-corrected chi connectivity index (χ4v) is 5.86. The molecule has 0 atom stereocenters. The molecule has 37 heavy (non-hydrogen) atoms. The maximum atomic E-state index is 13.1. The lowest BCUT2D eigenvalue weighted by Gasteiger charge is -2.30. The first kappa shape index (κ1) is 23.8. The van der Waals surface area contributed by atoms with Gasteiger partial charge in [-0.2, -0.15) is 4.98 Å². The molecule has 6 rings (SSSR count). The van der Waals surface area contributed by atoms with Crippen LogP contribution in [0.1, 0.15) is 44.3 Å². The number of carbonyl (C=O) groups excluding carboxylic acids is 1. The molecule has 1 aromatic carbocycles. The summed E-state index contributed by atoms with van der Waals surface area (Å²) in [5, 5.41) is 4.32. The number of aromatic amines is 1. The van der Waals surface area contributed by atoms with Crippen molar-refractivity contribution in [1.29, 1.82) is 0 Å². The lowest BCUT2D eigenvalue weighted by Crippen LogP contribution is -2.37. The van der Waals surface area contributed by atoms with Crippen LogP contribution in [0.2, 0.25) is 0 Å². The van der Waals surface area contributed by atoms with Gasteiger partial charge in [0.2, 0.25) is 11.9 Å². The second-order valence-electron chi connectivity index (χ2n) is 10.2. The summed E-state index contributed by atoms with van der Waals surface area (Å²) < 4.78 is 27.8. The van der Waals surface area contributed by atoms with Gasteiger partial charge in [-0.25, -0.2) is 18.7 Å². The molecule has 3 aromatic heterocycles. The Morgan fingerprint density at radius 1 is 1.16 bits per heavy atom. The number of carbonyl (C=O) groups is 1. The minimum Gasteiger partial charge on any atom is -0.351 e. The van der Waals surface area contributed by atoms with Gasteiger partial charge in [0, 0.05) is 48.4 Å². The van der Waals surface area contributed by atoms with Crippen LogP contribution in [0.3, 0.4) is 0 Å². The zero-order chi connectivity index (χ0) is 25.5. The number of likely N-dealkylation sites (tertiary alicyclic amines) is 1. The molecular formula is C27H31F2N7O. The van der Waals surface area contributed by atoms with Crippen LogP contribution in [-0.4, -0.2) is 60.9 Å². The Labute approximate surface area is 213 Å². The van der Waals surface area contributed by atoms with Gasteiger partial charge < -0.3 is 19.8 Å². The predicted molar refractivity (Wildman–Crippen MR) is 139 cm³/mol. The molecule has 194 valence electrons. The van der Waals surface area contributed by atoms with Gasteiger partial charge in [0.1, 0.15) is 11.5 Å². The summed E-state index contributed by atoms with van der Waals surface area (Å²) in [6, 6.07) is 5.95. The lowest BCUT2D eigenvalue weighted by molar-refractivity contribution is -0.135. The van der Waals surface area contributed by atoms with Crippen molar-refractivity contribution in [3.8, 4) is 11.1 Å². The molecule has 1 aliphatic heterocycles. The van der Waals surface area contributed by atoms with Crippen molar-refractivity contribution >= 4 is 33.9 Å². The van der Waals surface area contributed by atoms with Crippen LogP contribution in [-0.2, 0) is 11.3 Å². The number of H-pyrrole nitrogens is 1. The summed E-state index contributed by atoms with van der Waals surface area (Å²) in [7, 11) is 0. The monoisotopic (exact) mass is 507 g/mol. The highest BCUT2D eigenvalue weighted by molar-refractivity contribution is 5.95. The van der Waals surface area contributed by atoms with Crippen molar-refractivity contribution in [3.63, 3.8) is 0 Å². The summed E-state index contributed by atoms with van der Waals surface area (Å²) in [6.45, 7) is 3.19. The molecule has 10 heteroatoms. The number of hydrogen-bond donors (Lipinski definition) is 2. The van der Waals surface area contributed by atoms with Crippen LogP contribution in [0.15, 0.2) is 30.6 Å². The number of rotatable bonds is 6. The molecule has 0 unspecified atom stereocenters. The molecule has 0 radical (unpaired) electrons. The van der Waals surface area contributed by atoms with Gasteiger partial charge in [0.05, 0.1) is 17.6 Å². The van der Waals surface area contributed by atoms with Crippen molar-refractivity contribution in [2.45, 2.75) is 64.5 Å². The number of nitrogens with one attached hydrogen (secondary N) is 2. The Hall–Kier alpha value is -3.56. The summed E-state index contributed by atoms with van der Waals surface area (Å²) in [5.74, 6) is 1.61. The van der Waals surface area contributed by atoms with E-state index in [9.17, 15) is 13.6 Å². The first-order chi connectivity index (χ1) is 18.0. The van der Waals surface area contributed by atoms with Gasteiger partial charge in [0.15, 0.2) is 0 Å². The predicted octanol–water partition coefficient (Wildman–Crippen LogP) is 5.14. The van der Waals surface area contributed by atoms with Crippen LogP contribution >= 0.6 is 0 Å². The van der Waals surface area contributed by atoms with E-state index < -0.39 is 6.43 Å². The lowest BCUT2D eigenvalue weighted by atomic mass is 9.85. The SMILES string of the molecule is Cc1nc2ccc(-c3c[nH]c4nc(N[C@H]5CC[C@@H](C(=O)N6CCCC6)CC5)ncc34)cc2n1CC(F)F. The molecule has 8 nitrogen and oxygen atoms in total. The Balaban J connectivity index is 1.17. The van der Waals surface area contributed by atoms with Crippen molar-refractivity contribution < 1.29 is 13.6 Å². The van der Waals surface area contributed by atoms with E-state index in [1.54, 1.807) is 17.7 Å². The number of nitrogens with zero attached hydrogens (tertiary/aromatic N) is 5. The second-order valence-corrected chi connectivity index (χ2v) is 10.2. The topological polar surface area (TPSA) is 91.7 Å². The number of imidazole rings is 1. The molecule has 1 saturated carbocycles. The van der Waals surface area contributed by atoms with Crippen molar-refractivity contribution in [3.05, 3.63) is 36.4 Å². The number of hydrogen-bond acceptors (Lipinski definition) is 5. The quantitative estimate of drug-likeness (QED) is 0.377. The molecule has 4 aromatic rings. The van der Waals surface area contributed by atoms with Gasteiger partial charge >= 0.3 is 0 Å². The Morgan fingerprint density at radius 3 is 2.70 bits per heavy atom. The Bertz CT molecular complexity index is 1430. The van der Waals surface area contributed by atoms with Crippen molar-refractivity contribution in [2.75, 3.05) is 18.4 Å². The van der Waals surface area contributed by atoms with Crippen LogP contribution in [0.4, 0.5) is 14.7 Å². The molecule has 2 fully saturated rings. The fourth-order valence-electron chi connectivity index (χ4n) is 5.86. The highest BCUT2D eigenvalue weighted by atomic mass is 19.3. The van der Waals surface area contributed by atoms with Gasteiger partial charge in [-0.3, -0.25) is 4.79 Å². The maximum Gasteiger partial charge on any atom is 0.256 e. The number of benzene rings is 1. The van der Waals surface area contributed by atoms with Crippen molar-refractivity contribution in [1.82, 2.24) is 29.4 Å². The Kier molecular flexibility index (Phi) is 6.26. The number of fused-ring (bicyclic) bond motifs is 2. The van der Waals surface area contributed by atoms with Crippen LogP contribution in [0.5, 0.6) is 0 Å². The van der Waals surface area contributed by atoms with Gasteiger partial charge in [-0.05, 0) is 63.1 Å². The zero-order valence-corrected chi connectivity index (χ0v) is 20.9. The van der Waals surface area contributed by atoms with E-state index in [0.717, 1.165) is 68.1 Å². The number of aryl methyl sites for hydroxylation is 1. The number of anilines is 1. The third kappa shape index (κ3) is 4.65. The first-order valence-corrected chi connectivity index (χ1v) is 13.1. The molecule has 0 bridgehead atoms. The average Bonchev–Trinajstić information content (AvgIpc) is 3.63. The summed E-state index contributed by atoms with van der Waals surface area (Å²) in [4.78, 5) is 31.6. The largest absolute Gasteiger partial charge is 0.351 e.